The Labute approximate surface area is 467 Å². The maximum Gasteiger partial charge on any atom is 0.0562 e. The second-order valence-corrected chi connectivity index (χ2v) is 23.2. The first-order chi connectivity index (χ1) is 39.2. The minimum Gasteiger partial charge on any atom is -0.310 e. The van der Waals surface area contributed by atoms with Crippen LogP contribution in [0.15, 0.2) is 260 Å². The highest BCUT2D eigenvalue weighted by atomic mass is 15.2. The Morgan fingerprint density at radius 1 is 0.338 bits per heavy atom. The number of hydrogen-bond donors (Lipinski definition) is 0. The highest BCUT2D eigenvalue weighted by Crippen LogP contribution is 2.54. The van der Waals surface area contributed by atoms with Crippen molar-refractivity contribution in [3.63, 3.8) is 0 Å². The van der Waals surface area contributed by atoms with Gasteiger partial charge in [-0.3, -0.25) is 0 Å². The molecule has 4 nitrogen and oxygen atoms in total. The molecule has 382 valence electrons. The molecular formula is C76H58N4. The molecule has 0 aliphatic heterocycles. The molecule has 0 spiro atoms. The van der Waals surface area contributed by atoms with Crippen LogP contribution in [0.2, 0.25) is 0 Å². The summed E-state index contributed by atoms with van der Waals surface area (Å²) in [6.07, 6.45) is 6.92. The lowest BCUT2D eigenvalue weighted by Crippen LogP contribution is -2.18. The van der Waals surface area contributed by atoms with E-state index in [1.165, 1.54) is 82.3 Å². The van der Waals surface area contributed by atoms with Crippen molar-refractivity contribution in [1.29, 1.82) is 0 Å². The van der Waals surface area contributed by atoms with Gasteiger partial charge in [-0.2, -0.15) is 0 Å². The smallest absolute Gasteiger partial charge is 0.0562 e. The van der Waals surface area contributed by atoms with Crippen LogP contribution in [-0.2, 0) is 10.8 Å². The molecule has 0 radical (unpaired) electrons. The number of anilines is 6. The molecule has 0 saturated heterocycles. The van der Waals surface area contributed by atoms with Gasteiger partial charge in [0.25, 0.3) is 0 Å². The molecular weight excluding hydrogens is 969 g/mol. The Hall–Kier alpha value is -9.64. The number of allylic oxidation sites excluding steroid dienone is 4. The van der Waals surface area contributed by atoms with Gasteiger partial charge in [0.1, 0.15) is 0 Å². The van der Waals surface area contributed by atoms with E-state index in [4.69, 9.17) is 0 Å². The van der Waals surface area contributed by atoms with Gasteiger partial charge in [-0.15, -0.1) is 0 Å². The fraction of sp³-hybridized carbons (Fsp3) is 0.105. The maximum atomic E-state index is 2.48. The number of para-hydroxylation sites is 4. The Balaban J connectivity index is 0.904. The van der Waals surface area contributed by atoms with E-state index in [0.29, 0.717) is 0 Å². The molecule has 3 aliphatic rings. The molecule has 2 heterocycles. The van der Waals surface area contributed by atoms with Crippen LogP contribution < -0.4 is 9.80 Å². The summed E-state index contributed by atoms with van der Waals surface area (Å²) in [5, 5.41) is 7.40. The van der Waals surface area contributed by atoms with Crippen LogP contribution in [0.3, 0.4) is 0 Å². The molecule has 16 rings (SSSR count). The van der Waals surface area contributed by atoms with Gasteiger partial charge in [0.15, 0.2) is 0 Å². The lowest BCUT2D eigenvalue weighted by atomic mass is 9.78. The molecule has 3 aliphatic carbocycles. The Kier molecular flexibility index (Phi) is 10.1. The van der Waals surface area contributed by atoms with E-state index in [1.807, 2.05) is 0 Å². The molecule has 0 bridgehead atoms. The van der Waals surface area contributed by atoms with Gasteiger partial charge >= 0.3 is 0 Å². The number of hydrogen-bond acceptors (Lipinski definition) is 2. The van der Waals surface area contributed by atoms with Crippen molar-refractivity contribution >= 4 is 94.1 Å². The quantitative estimate of drug-likeness (QED) is 0.151. The predicted molar refractivity (Wildman–Crippen MR) is 338 cm³/mol. The second kappa shape index (κ2) is 17.4. The average Bonchev–Trinajstić information content (AvgIpc) is 4.30. The second-order valence-electron chi connectivity index (χ2n) is 23.2. The van der Waals surface area contributed by atoms with Crippen LogP contribution in [0.1, 0.15) is 62.8 Å². The van der Waals surface area contributed by atoms with Crippen molar-refractivity contribution in [2.45, 2.75) is 51.4 Å². The molecule has 0 N–H and O–H groups in total. The van der Waals surface area contributed by atoms with Crippen LogP contribution in [0, 0.1) is 0 Å². The lowest BCUT2D eigenvalue weighted by molar-refractivity contribution is 0.607. The molecule has 0 unspecified atom stereocenters. The summed E-state index contributed by atoms with van der Waals surface area (Å²) in [6, 6.07) is 90.5. The van der Waals surface area contributed by atoms with Crippen molar-refractivity contribution in [3.8, 4) is 22.5 Å². The topological polar surface area (TPSA) is 16.3 Å². The minimum absolute atomic E-state index is 0.0454. The van der Waals surface area contributed by atoms with Gasteiger partial charge in [0.05, 0.1) is 22.1 Å². The lowest BCUT2D eigenvalue weighted by Gasteiger charge is -2.29. The highest BCUT2D eigenvalue weighted by Gasteiger charge is 2.39. The average molecular weight is 1030 g/mol. The molecule has 11 aromatic carbocycles. The van der Waals surface area contributed by atoms with Crippen LogP contribution >= 0.6 is 0 Å². The summed E-state index contributed by atoms with van der Waals surface area (Å²) in [7, 11) is 0. The monoisotopic (exact) mass is 1030 g/mol. The summed E-state index contributed by atoms with van der Waals surface area (Å²) in [6.45, 7) is 9.56. The van der Waals surface area contributed by atoms with E-state index < -0.39 is 0 Å². The first-order valence-electron chi connectivity index (χ1n) is 28.3. The zero-order valence-corrected chi connectivity index (χ0v) is 45.5. The number of rotatable bonds is 8. The van der Waals surface area contributed by atoms with Gasteiger partial charge in [0.2, 0.25) is 0 Å². The largest absolute Gasteiger partial charge is 0.310 e. The van der Waals surface area contributed by atoms with Gasteiger partial charge in [0, 0.05) is 77.9 Å². The van der Waals surface area contributed by atoms with E-state index in [2.05, 4.69) is 301 Å². The predicted octanol–water partition coefficient (Wildman–Crippen LogP) is 20.7. The molecule has 2 aromatic heterocycles. The first-order valence-corrected chi connectivity index (χ1v) is 28.3. The normalized spacial score (nSPS) is 14.8. The summed E-state index contributed by atoms with van der Waals surface area (Å²) in [5.41, 5.74) is 24.6. The van der Waals surface area contributed by atoms with Crippen molar-refractivity contribution < 1.29 is 0 Å². The minimum atomic E-state index is -0.130. The fourth-order valence-electron chi connectivity index (χ4n) is 14.4. The summed E-state index contributed by atoms with van der Waals surface area (Å²) in [5.74, 6) is 0. The van der Waals surface area contributed by atoms with Crippen molar-refractivity contribution in [2.75, 3.05) is 9.80 Å². The van der Waals surface area contributed by atoms with E-state index in [9.17, 15) is 0 Å². The van der Waals surface area contributed by atoms with Gasteiger partial charge < -0.3 is 18.9 Å². The van der Waals surface area contributed by atoms with Gasteiger partial charge in [-0.1, -0.05) is 179 Å². The third kappa shape index (κ3) is 6.75. The number of aromatic nitrogens is 2. The molecule has 0 saturated carbocycles. The molecule has 4 heteroatoms. The fourth-order valence-corrected chi connectivity index (χ4v) is 14.4. The highest BCUT2D eigenvalue weighted by molar-refractivity contribution is 6.30. The maximum absolute atomic E-state index is 2.48. The zero-order valence-electron chi connectivity index (χ0n) is 45.5. The molecule has 0 amide bonds. The van der Waals surface area contributed by atoms with Crippen LogP contribution in [-0.4, -0.2) is 9.13 Å². The number of nitrogens with zero attached hydrogens (tertiary/aromatic N) is 4. The van der Waals surface area contributed by atoms with Crippen molar-refractivity contribution in [2.24, 2.45) is 0 Å². The standard InChI is InChI=1S/C76H58N4/c1-75(2)65-31-19-17-29-57(65)59-37-33-53(45-67(59)75)77(49-21-9-5-10-22-49)55-35-39-63-71(47-55)79(51-25-13-7-14-26-51)69-43-41-62-61(73(63)69)42-44-70-74(62)64-40-36-56(48-72(64)80(70)52-27-15-8-16-28-52)78(50-23-11-6-12-24-50)54-34-38-60-58-30-18-20-32-66(58)76(3,4)68(60)46-54/h5-19,21-31,33-48H,20,32H2,1-4H3. The zero-order chi connectivity index (χ0) is 53.4. The summed E-state index contributed by atoms with van der Waals surface area (Å²) in [4.78, 5) is 4.89. The van der Waals surface area contributed by atoms with Crippen LogP contribution in [0.5, 0.6) is 0 Å². The Morgan fingerprint density at radius 3 is 1.30 bits per heavy atom. The van der Waals surface area contributed by atoms with E-state index in [1.54, 1.807) is 5.57 Å². The van der Waals surface area contributed by atoms with Crippen LogP contribution in [0.25, 0.3) is 82.5 Å². The Bertz CT molecular complexity index is 4750. The number of fused-ring (bicyclic) bond motifs is 14. The molecule has 13 aromatic rings. The molecule has 80 heavy (non-hydrogen) atoms. The van der Waals surface area contributed by atoms with Crippen molar-refractivity contribution in [1.82, 2.24) is 9.13 Å². The third-order valence-electron chi connectivity index (χ3n) is 18.2. The van der Waals surface area contributed by atoms with Crippen LogP contribution in [0.4, 0.5) is 34.1 Å². The number of benzene rings is 11. The summed E-state index contributed by atoms with van der Waals surface area (Å²) >= 11 is 0. The van der Waals surface area contributed by atoms with Gasteiger partial charge in [-0.05, 0) is 172 Å². The van der Waals surface area contributed by atoms with Gasteiger partial charge in [-0.25, -0.2) is 0 Å². The van der Waals surface area contributed by atoms with E-state index >= 15 is 0 Å². The summed E-state index contributed by atoms with van der Waals surface area (Å²) < 4.78 is 4.96. The molecule has 0 fully saturated rings. The van der Waals surface area contributed by atoms with E-state index in [0.717, 1.165) is 69.4 Å². The van der Waals surface area contributed by atoms with Crippen molar-refractivity contribution in [3.05, 3.63) is 283 Å². The Morgan fingerprint density at radius 2 is 0.762 bits per heavy atom. The van der Waals surface area contributed by atoms with E-state index in [-0.39, 0.29) is 10.8 Å². The first kappa shape index (κ1) is 46.5. The third-order valence-corrected chi connectivity index (χ3v) is 18.2. The SMILES string of the molecule is CC1(C)C2=C(C=CCC2)c2ccc(N(c3ccccc3)c3ccc4c5c6ccc7c(c6ccc5n(-c5ccccc5)c4c3)c3ccc(N(c4ccccc4)c4ccc5c(c4)C(C)(C)c4ccccc4-5)cc3n7-c3ccccc3)cc21. The molecule has 0 atom stereocenters.